The minimum absolute atomic E-state index is 0.234. The largest absolute Gasteiger partial charge is 0.377 e. The Morgan fingerprint density at radius 3 is 2.46 bits per heavy atom. The summed E-state index contributed by atoms with van der Waals surface area (Å²) in [7, 11) is 0. The van der Waals surface area contributed by atoms with Gasteiger partial charge in [-0.15, -0.1) is 0 Å². The summed E-state index contributed by atoms with van der Waals surface area (Å²) in [6.45, 7) is 8.63. The Morgan fingerprint density at radius 1 is 1.04 bits per heavy atom. The molecule has 2 fully saturated rings. The number of ether oxygens (including phenoxy) is 2. The van der Waals surface area contributed by atoms with Gasteiger partial charge in [0.25, 0.3) is 0 Å². The van der Waals surface area contributed by atoms with Crippen molar-refractivity contribution < 1.29 is 9.47 Å². The van der Waals surface area contributed by atoms with E-state index in [1.54, 1.807) is 17.5 Å². The van der Waals surface area contributed by atoms with E-state index >= 15 is 0 Å². The lowest BCUT2D eigenvalue weighted by Gasteiger charge is -2.36. The molecule has 2 saturated heterocycles. The maximum Gasteiger partial charge on any atom is 0.229 e. The van der Waals surface area contributed by atoms with Crippen molar-refractivity contribution in [2.75, 3.05) is 49.3 Å². The van der Waals surface area contributed by atoms with Crippen LogP contribution in [0.1, 0.15) is 13.8 Å². The standard InChI is InChI=1S/C18H23N7O2S/c1-11-9-26-7-5-24(11)15-14-17(28-16(20-14)13-3-4-19-23-13)22-18(21-15)25-6-8-27-10-12(25)2/h3-4,11-12H,5-10H2,1-2H3,(H,19,23)/t11-,12+/m0/s1. The third-order valence-corrected chi connectivity index (χ3v) is 6.18. The molecule has 0 amide bonds. The molecule has 2 aliphatic rings. The number of rotatable bonds is 3. The number of thiazole rings is 1. The van der Waals surface area contributed by atoms with Gasteiger partial charge in [0, 0.05) is 19.3 Å². The lowest BCUT2D eigenvalue weighted by molar-refractivity contribution is 0.0973. The molecule has 0 bridgehead atoms. The van der Waals surface area contributed by atoms with Crippen molar-refractivity contribution in [1.29, 1.82) is 0 Å². The van der Waals surface area contributed by atoms with Crippen LogP contribution < -0.4 is 9.80 Å². The molecule has 5 rings (SSSR count). The third-order valence-electron chi connectivity index (χ3n) is 5.21. The van der Waals surface area contributed by atoms with Gasteiger partial charge in [0.2, 0.25) is 5.95 Å². The minimum atomic E-state index is 0.234. The van der Waals surface area contributed by atoms with Crippen LogP contribution in [0.15, 0.2) is 12.3 Å². The Kier molecular flexibility index (Phi) is 4.61. The molecule has 148 valence electrons. The maximum atomic E-state index is 5.63. The highest BCUT2D eigenvalue weighted by Gasteiger charge is 2.28. The number of fused-ring (bicyclic) bond motifs is 1. The summed E-state index contributed by atoms with van der Waals surface area (Å²) < 4.78 is 11.2. The van der Waals surface area contributed by atoms with E-state index in [1.807, 2.05) is 6.07 Å². The average Bonchev–Trinajstić information content (AvgIpc) is 3.37. The molecule has 5 heterocycles. The van der Waals surface area contributed by atoms with Gasteiger partial charge in [0.1, 0.15) is 16.2 Å². The number of H-pyrrole nitrogens is 1. The molecule has 0 saturated carbocycles. The van der Waals surface area contributed by atoms with Crippen molar-refractivity contribution in [2.24, 2.45) is 0 Å². The van der Waals surface area contributed by atoms with Crippen molar-refractivity contribution in [2.45, 2.75) is 25.9 Å². The minimum Gasteiger partial charge on any atom is -0.377 e. The summed E-state index contributed by atoms with van der Waals surface area (Å²) in [6, 6.07) is 2.39. The first-order chi connectivity index (χ1) is 13.7. The molecule has 0 unspecified atom stereocenters. The fourth-order valence-corrected chi connectivity index (χ4v) is 4.58. The number of hydrogen-bond donors (Lipinski definition) is 1. The number of anilines is 2. The third kappa shape index (κ3) is 3.11. The zero-order chi connectivity index (χ0) is 19.1. The second-order valence-corrected chi connectivity index (χ2v) is 8.19. The summed E-state index contributed by atoms with van der Waals surface area (Å²) in [5.41, 5.74) is 1.66. The predicted octanol–water partition coefficient (Wildman–Crippen LogP) is 1.93. The Balaban J connectivity index is 1.65. The van der Waals surface area contributed by atoms with Gasteiger partial charge < -0.3 is 19.3 Å². The Hall–Kier alpha value is -2.30. The van der Waals surface area contributed by atoms with Gasteiger partial charge in [0.05, 0.1) is 38.5 Å². The quantitative estimate of drug-likeness (QED) is 0.712. The highest BCUT2D eigenvalue weighted by atomic mass is 32.1. The summed E-state index contributed by atoms with van der Waals surface area (Å²) in [6.07, 6.45) is 1.80. The van der Waals surface area contributed by atoms with E-state index in [4.69, 9.17) is 24.4 Å². The molecule has 0 aliphatic carbocycles. The monoisotopic (exact) mass is 401 g/mol. The molecule has 9 nitrogen and oxygen atoms in total. The van der Waals surface area contributed by atoms with Gasteiger partial charge in [-0.2, -0.15) is 15.1 Å². The topological polar surface area (TPSA) is 92.3 Å². The number of nitrogens with one attached hydrogen (secondary N) is 1. The first kappa shape index (κ1) is 17.8. The van der Waals surface area contributed by atoms with Crippen molar-refractivity contribution in [3.63, 3.8) is 0 Å². The van der Waals surface area contributed by atoms with E-state index in [-0.39, 0.29) is 12.1 Å². The van der Waals surface area contributed by atoms with Crippen LogP contribution in [-0.2, 0) is 9.47 Å². The van der Waals surface area contributed by atoms with Crippen LogP contribution in [0.3, 0.4) is 0 Å². The van der Waals surface area contributed by atoms with Gasteiger partial charge >= 0.3 is 0 Å². The predicted molar refractivity (Wildman–Crippen MR) is 108 cm³/mol. The number of nitrogens with zero attached hydrogens (tertiary/aromatic N) is 6. The van der Waals surface area contributed by atoms with Crippen molar-refractivity contribution in [3.8, 4) is 10.7 Å². The molecular formula is C18H23N7O2S. The summed E-state index contributed by atoms with van der Waals surface area (Å²) in [4.78, 5) is 20.1. The zero-order valence-corrected chi connectivity index (χ0v) is 16.8. The molecule has 28 heavy (non-hydrogen) atoms. The average molecular weight is 401 g/mol. The van der Waals surface area contributed by atoms with E-state index in [2.05, 4.69) is 33.8 Å². The molecule has 0 aromatic carbocycles. The molecule has 3 aromatic rings. The molecule has 0 radical (unpaired) electrons. The second kappa shape index (κ2) is 7.26. The van der Waals surface area contributed by atoms with Crippen LogP contribution in [-0.4, -0.2) is 76.8 Å². The van der Waals surface area contributed by atoms with Crippen LogP contribution in [0.5, 0.6) is 0 Å². The normalized spacial score (nSPS) is 23.5. The summed E-state index contributed by atoms with van der Waals surface area (Å²) >= 11 is 1.55. The van der Waals surface area contributed by atoms with Gasteiger partial charge in [-0.1, -0.05) is 11.3 Å². The van der Waals surface area contributed by atoms with Crippen molar-refractivity contribution in [1.82, 2.24) is 25.1 Å². The van der Waals surface area contributed by atoms with E-state index in [0.717, 1.165) is 45.9 Å². The molecule has 2 aliphatic heterocycles. The maximum absolute atomic E-state index is 5.63. The van der Waals surface area contributed by atoms with E-state index in [0.29, 0.717) is 26.4 Å². The molecule has 0 spiro atoms. The van der Waals surface area contributed by atoms with Crippen LogP contribution >= 0.6 is 11.3 Å². The summed E-state index contributed by atoms with van der Waals surface area (Å²) in [5, 5.41) is 7.98. The molecular weight excluding hydrogens is 378 g/mol. The molecule has 3 aromatic heterocycles. The fraction of sp³-hybridized carbons (Fsp3) is 0.556. The van der Waals surface area contributed by atoms with Crippen molar-refractivity contribution in [3.05, 3.63) is 12.3 Å². The van der Waals surface area contributed by atoms with E-state index in [1.165, 1.54) is 0 Å². The summed E-state index contributed by atoms with van der Waals surface area (Å²) in [5.74, 6) is 1.63. The SMILES string of the molecule is C[C@@H]1COCCN1c1nc(N2CCOC[C@@H]2C)c2nc(-c3cc[nH]n3)sc2n1. The molecule has 2 atom stereocenters. The molecule has 1 N–H and O–H groups in total. The van der Waals surface area contributed by atoms with E-state index in [9.17, 15) is 0 Å². The Bertz CT molecular complexity index is 960. The van der Waals surface area contributed by atoms with Crippen LogP contribution in [0.25, 0.3) is 21.0 Å². The number of hydrogen-bond acceptors (Lipinski definition) is 9. The fourth-order valence-electron chi connectivity index (χ4n) is 3.68. The molecule has 10 heteroatoms. The highest BCUT2D eigenvalue weighted by Crippen LogP contribution is 2.35. The number of aromatic nitrogens is 5. The first-order valence-corrected chi connectivity index (χ1v) is 10.4. The smallest absolute Gasteiger partial charge is 0.229 e. The van der Waals surface area contributed by atoms with Crippen LogP contribution in [0.2, 0.25) is 0 Å². The lowest BCUT2D eigenvalue weighted by Crippen LogP contribution is -2.46. The number of aromatic amines is 1. The lowest BCUT2D eigenvalue weighted by atomic mass is 10.2. The van der Waals surface area contributed by atoms with Gasteiger partial charge in [-0.25, -0.2) is 4.98 Å². The van der Waals surface area contributed by atoms with E-state index < -0.39 is 0 Å². The van der Waals surface area contributed by atoms with Crippen LogP contribution in [0.4, 0.5) is 11.8 Å². The van der Waals surface area contributed by atoms with Crippen molar-refractivity contribution >= 4 is 33.5 Å². The second-order valence-electron chi connectivity index (χ2n) is 7.21. The first-order valence-electron chi connectivity index (χ1n) is 9.58. The van der Waals surface area contributed by atoms with Gasteiger partial charge in [0.15, 0.2) is 10.6 Å². The zero-order valence-electron chi connectivity index (χ0n) is 16.0. The number of morpholine rings is 2. The highest BCUT2D eigenvalue weighted by molar-refractivity contribution is 7.21. The Morgan fingerprint density at radius 2 is 1.79 bits per heavy atom. The van der Waals surface area contributed by atoms with Crippen LogP contribution in [0, 0.1) is 0 Å². The van der Waals surface area contributed by atoms with Gasteiger partial charge in [-0.05, 0) is 19.9 Å². The Labute approximate surface area is 166 Å². The van der Waals surface area contributed by atoms with Gasteiger partial charge in [-0.3, -0.25) is 5.10 Å².